The van der Waals surface area contributed by atoms with Crippen LogP contribution in [0.3, 0.4) is 0 Å². The summed E-state index contributed by atoms with van der Waals surface area (Å²) in [6, 6.07) is 1.31. The van der Waals surface area contributed by atoms with Gasteiger partial charge in [0.1, 0.15) is 19.5 Å². The fraction of sp³-hybridized carbons (Fsp3) is 0.100. The molecular formula is C10H7FIN3O2S. The average Bonchev–Trinajstić information content (AvgIpc) is 2.70. The Labute approximate surface area is 119 Å². The van der Waals surface area contributed by atoms with Gasteiger partial charge in [0.15, 0.2) is 0 Å². The van der Waals surface area contributed by atoms with Gasteiger partial charge in [-0.15, -0.1) is 0 Å². The fourth-order valence-electron chi connectivity index (χ4n) is 1.24. The standard InChI is InChI=1S/C10H7FIN3O2S/c1-15(10(16)17)9-7(12)14-8(18-9)5-2-6(11)4-13-3-5/h2-4H,1H3,(H,16,17). The van der Waals surface area contributed by atoms with E-state index in [0.717, 1.165) is 11.1 Å². The summed E-state index contributed by atoms with van der Waals surface area (Å²) in [6.07, 6.45) is 1.52. The van der Waals surface area contributed by atoms with Crippen LogP contribution in [0.15, 0.2) is 18.5 Å². The number of rotatable bonds is 2. The van der Waals surface area contributed by atoms with E-state index in [1.165, 1.54) is 30.6 Å². The third kappa shape index (κ3) is 2.58. The van der Waals surface area contributed by atoms with E-state index in [1.807, 2.05) is 22.6 Å². The zero-order chi connectivity index (χ0) is 13.3. The van der Waals surface area contributed by atoms with Crippen molar-refractivity contribution in [2.24, 2.45) is 0 Å². The Kier molecular flexibility index (Phi) is 3.76. The second-order valence-electron chi connectivity index (χ2n) is 3.35. The molecule has 0 unspecified atom stereocenters. The van der Waals surface area contributed by atoms with Crippen LogP contribution >= 0.6 is 33.9 Å². The lowest BCUT2D eigenvalue weighted by Crippen LogP contribution is -2.23. The van der Waals surface area contributed by atoms with E-state index in [0.29, 0.717) is 19.3 Å². The Bertz CT molecular complexity index is 605. The van der Waals surface area contributed by atoms with E-state index in [1.54, 1.807) is 0 Å². The van der Waals surface area contributed by atoms with Gasteiger partial charge in [-0.1, -0.05) is 11.3 Å². The minimum absolute atomic E-state index is 0.453. The summed E-state index contributed by atoms with van der Waals surface area (Å²) in [5.41, 5.74) is 0.531. The first-order chi connectivity index (χ1) is 8.49. The van der Waals surface area contributed by atoms with Gasteiger partial charge in [-0.05, 0) is 28.7 Å². The highest BCUT2D eigenvalue weighted by molar-refractivity contribution is 14.1. The summed E-state index contributed by atoms with van der Waals surface area (Å²) >= 11 is 3.12. The van der Waals surface area contributed by atoms with Gasteiger partial charge in [0, 0.05) is 18.8 Å². The highest BCUT2D eigenvalue weighted by Crippen LogP contribution is 2.34. The summed E-state index contributed by atoms with van der Waals surface area (Å²) in [5.74, 6) is -0.453. The third-order valence-corrected chi connectivity index (χ3v) is 4.41. The molecule has 0 aromatic carbocycles. The molecule has 2 rings (SSSR count). The maximum absolute atomic E-state index is 13.1. The smallest absolute Gasteiger partial charge is 0.412 e. The summed E-state index contributed by atoms with van der Waals surface area (Å²) in [7, 11) is 1.44. The van der Waals surface area contributed by atoms with Gasteiger partial charge in [0.05, 0.1) is 6.20 Å². The highest BCUT2D eigenvalue weighted by atomic mass is 127. The van der Waals surface area contributed by atoms with Gasteiger partial charge < -0.3 is 5.11 Å². The van der Waals surface area contributed by atoms with Crippen molar-refractivity contribution in [3.8, 4) is 10.6 Å². The third-order valence-electron chi connectivity index (χ3n) is 2.11. The molecule has 0 bridgehead atoms. The minimum atomic E-state index is -1.07. The van der Waals surface area contributed by atoms with Gasteiger partial charge in [0.2, 0.25) is 0 Å². The van der Waals surface area contributed by atoms with Crippen molar-refractivity contribution < 1.29 is 14.3 Å². The number of carbonyl (C=O) groups is 1. The number of halogens is 2. The molecule has 0 fully saturated rings. The predicted octanol–water partition coefficient (Wildman–Crippen LogP) is 3.06. The molecule has 5 nitrogen and oxygen atoms in total. The Hall–Kier alpha value is -1.29. The summed E-state index contributed by atoms with van der Waals surface area (Å²) in [4.78, 5) is 19.9. The monoisotopic (exact) mass is 379 g/mol. The molecule has 0 saturated carbocycles. The van der Waals surface area contributed by atoms with Crippen LogP contribution in [0.25, 0.3) is 10.6 Å². The van der Waals surface area contributed by atoms with E-state index in [-0.39, 0.29) is 0 Å². The highest BCUT2D eigenvalue weighted by Gasteiger charge is 2.18. The van der Waals surface area contributed by atoms with Crippen molar-refractivity contribution in [1.29, 1.82) is 0 Å². The maximum Gasteiger partial charge on any atom is 0.412 e. The van der Waals surface area contributed by atoms with Crippen LogP contribution in [-0.4, -0.2) is 28.2 Å². The van der Waals surface area contributed by atoms with Crippen molar-refractivity contribution >= 4 is 45.0 Å². The van der Waals surface area contributed by atoms with E-state index >= 15 is 0 Å². The topological polar surface area (TPSA) is 66.3 Å². The molecular weight excluding hydrogens is 372 g/mol. The number of hydrogen-bond donors (Lipinski definition) is 1. The van der Waals surface area contributed by atoms with E-state index in [9.17, 15) is 9.18 Å². The first-order valence-electron chi connectivity index (χ1n) is 4.73. The van der Waals surface area contributed by atoms with Gasteiger partial charge in [-0.3, -0.25) is 9.88 Å². The number of anilines is 1. The number of pyridine rings is 1. The quantitative estimate of drug-likeness (QED) is 0.815. The minimum Gasteiger partial charge on any atom is -0.465 e. The molecule has 0 aliphatic carbocycles. The molecule has 0 aliphatic rings. The van der Waals surface area contributed by atoms with Crippen molar-refractivity contribution in [2.75, 3.05) is 11.9 Å². The van der Waals surface area contributed by atoms with Crippen LogP contribution in [0.2, 0.25) is 0 Å². The maximum atomic E-state index is 13.1. The lowest BCUT2D eigenvalue weighted by Gasteiger charge is -2.09. The Morgan fingerprint density at radius 1 is 1.56 bits per heavy atom. The largest absolute Gasteiger partial charge is 0.465 e. The zero-order valence-corrected chi connectivity index (χ0v) is 12.1. The van der Waals surface area contributed by atoms with Gasteiger partial charge >= 0.3 is 6.09 Å². The van der Waals surface area contributed by atoms with Gasteiger partial charge in [-0.2, -0.15) is 0 Å². The van der Waals surface area contributed by atoms with Crippen molar-refractivity contribution in [3.63, 3.8) is 0 Å². The molecule has 0 atom stereocenters. The molecule has 0 radical (unpaired) electrons. The van der Waals surface area contributed by atoms with Crippen molar-refractivity contribution in [2.45, 2.75) is 0 Å². The zero-order valence-electron chi connectivity index (χ0n) is 9.09. The van der Waals surface area contributed by atoms with E-state index < -0.39 is 11.9 Å². The lowest BCUT2D eigenvalue weighted by molar-refractivity contribution is 0.203. The molecule has 1 N–H and O–H groups in total. The normalized spacial score (nSPS) is 10.4. The molecule has 2 aromatic rings. The lowest BCUT2D eigenvalue weighted by atomic mass is 10.3. The summed E-state index contributed by atoms with van der Waals surface area (Å²) in [5, 5.41) is 9.95. The van der Waals surface area contributed by atoms with Gasteiger partial charge in [0.25, 0.3) is 0 Å². The number of thiazole rings is 1. The first-order valence-corrected chi connectivity index (χ1v) is 6.62. The van der Waals surface area contributed by atoms with Crippen LogP contribution in [0.5, 0.6) is 0 Å². The average molecular weight is 379 g/mol. The molecule has 2 heterocycles. The molecule has 1 amide bonds. The van der Waals surface area contributed by atoms with Crippen LogP contribution < -0.4 is 4.90 Å². The Morgan fingerprint density at radius 2 is 2.28 bits per heavy atom. The first kappa shape index (κ1) is 13.1. The predicted molar refractivity (Wildman–Crippen MR) is 74.4 cm³/mol. The number of nitrogens with zero attached hydrogens (tertiary/aromatic N) is 3. The molecule has 0 aliphatic heterocycles. The molecule has 0 spiro atoms. The SMILES string of the molecule is CN(C(=O)O)c1sc(-c2cncc(F)c2)nc1I. The second-order valence-corrected chi connectivity index (χ2v) is 5.35. The van der Waals surface area contributed by atoms with Crippen LogP contribution in [0.1, 0.15) is 0 Å². The number of carboxylic acid groups (broad SMARTS) is 1. The number of aromatic nitrogens is 2. The van der Waals surface area contributed by atoms with Crippen molar-refractivity contribution in [1.82, 2.24) is 9.97 Å². The number of amides is 1. The van der Waals surface area contributed by atoms with Gasteiger partial charge in [-0.25, -0.2) is 14.2 Å². The van der Waals surface area contributed by atoms with Crippen molar-refractivity contribution in [3.05, 3.63) is 28.0 Å². The van der Waals surface area contributed by atoms with E-state index in [2.05, 4.69) is 9.97 Å². The molecule has 94 valence electrons. The summed E-state index contributed by atoms with van der Waals surface area (Å²) in [6.45, 7) is 0. The Morgan fingerprint density at radius 3 is 2.89 bits per heavy atom. The second kappa shape index (κ2) is 5.14. The van der Waals surface area contributed by atoms with E-state index in [4.69, 9.17) is 5.11 Å². The molecule has 2 aromatic heterocycles. The summed E-state index contributed by atoms with van der Waals surface area (Å²) < 4.78 is 13.6. The molecule has 8 heteroatoms. The molecule has 0 saturated heterocycles. The van der Waals surface area contributed by atoms with Crippen LogP contribution in [-0.2, 0) is 0 Å². The van der Waals surface area contributed by atoms with Crippen LogP contribution in [0.4, 0.5) is 14.2 Å². The fourth-order valence-corrected chi connectivity index (χ4v) is 3.23. The Balaban J connectivity index is 2.43. The van der Waals surface area contributed by atoms with Crippen LogP contribution in [0, 0.1) is 9.52 Å². The molecule has 18 heavy (non-hydrogen) atoms. The number of hydrogen-bond acceptors (Lipinski definition) is 4.